The second-order valence-electron chi connectivity index (χ2n) is 6.21. The van der Waals surface area contributed by atoms with Crippen molar-refractivity contribution in [3.05, 3.63) is 66.4 Å². The van der Waals surface area contributed by atoms with Crippen LogP contribution < -0.4 is 10.1 Å². The van der Waals surface area contributed by atoms with Gasteiger partial charge in [-0.2, -0.15) is 15.1 Å². The summed E-state index contributed by atoms with van der Waals surface area (Å²) in [6.07, 6.45) is 7.65. The molecule has 0 saturated carbocycles. The summed E-state index contributed by atoms with van der Waals surface area (Å²) in [7, 11) is 1.93. The number of nitrogens with zero attached hydrogens (tertiary/aromatic N) is 4. The molecule has 0 radical (unpaired) electrons. The lowest BCUT2D eigenvalue weighted by Crippen LogP contribution is -1.99. The average molecular weight is 356 g/mol. The van der Waals surface area contributed by atoms with Gasteiger partial charge in [0, 0.05) is 42.7 Å². The van der Waals surface area contributed by atoms with Crippen molar-refractivity contribution in [2.45, 2.75) is 6.42 Å². The molecule has 1 aliphatic rings. The number of anilines is 1. The van der Waals surface area contributed by atoms with E-state index in [9.17, 15) is 0 Å². The second-order valence-corrected chi connectivity index (χ2v) is 6.21. The van der Waals surface area contributed by atoms with E-state index in [2.05, 4.69) is 37.6 Å². The molecule has 0 aliphatic heterocycles. The number of nitrogens with one attached hydrogen (secondary N) is 2. The predicted molar refractivity (Wildman–Crippen MR) is 102 cm³/mol. The fourth-order valence-electron chi connectivity index (χ4n) is 3.46. The molecule has 0 saturated heterocycles. The summed E-state index contributed by atoms with van der Waals surface area (Å²) in [5.41, 5.74) is 7.12. The van der Waals surface area contributed by atoms with Gasteiger partial charge in [0.2, 0.25) is 0 Å². The van der Waals surface area contributed by atoms with Crippen molar-refractivity contribution in [1.82, 2.24) is 25.1 Å². The molecule has 4 aromatic rings. The Morgan fingerprint density at radius 1 is 1.11 bits per heavy atom. The van der Waals surface area contributed by atoms with Crippen LogP contribution in [0.15, 0.2) is 55.1 Å². The van der Waals surface area contributed by atoms with Crippen molar-refractivity contribution in [1.29, 1.82) is 0 Å². The SMILES string of the molecule is CNc1cccc2c1Cc1nc(Oc3cccnc3)nc(-c3cn[nH]c3)c1-2. The maximum Gasteiger partial charge on any atom is 0.322 e. The fourth-order valence-corrected chi connectivity index (χ4v) is 3.46. The first kappa shape index (κ1) is 15.5. The van der Waals surface area contributed by atoms with Crippen LogP contribution in [0.2, 0.25) is 0 Å². The van der Waals surface area contributed by atoms with Gasteiger partial charge in [0.15, 0.2) is 0 Å². The lowest BCUT2D eigenvalue weighted by molar-refractivity contribution is 0.439. The number of pyridine rings is 1. The topological polar surface area (TPSA) is 88.6 Å². The second kappa shape index (κ2) is 6.21. The molecule has 2 N–H and O–H groups in total. The van der Waals surface area contributed by atoms with E-state index < -0.39 is 0 Å². The Morgan fingerprint density at radius 3 is 2.85 bits per heavy atom. The number of aromatic nitrogens is 5. The number of hydrogen-bond acceptors (Lipinski definition) is 6. The third kappa shape index (κ3) is 2.60. The van der Waals surface area contributed by atoms with Gasteiger partial charge in [0.1, 0.15) is 5.75 Å². The molecule has 0 spiro atoms. The van der Waals surface area contributed by atoms with Crippen molar-refractivity contribution in [2.24, 2.45) is 0 Å². The molecule has 0 fully saturated rings. The molecular formula is C20H16N6O. The van der Waals surface area contributed by atoms with Gasteiger partial charge < -0.3 is 10.1 Å². The van der Waals surface area contributed by atoms with Crippen molar-refractivity contribution in [3.63, 3.8) is 0 Å². The van der Waals surface area contributed by atoms with E-state index in [-0.39, 0.29) is 0 Å². The van der Waals surface area contributed by atoms with Gasteiger partial charge in [-0.05, 0) is 29.3 Å². The van der Waals surface area contributed by atoms with Crippen molar-refractivity contribution < 1.29 is 4.74 Å². The highest BCUT2D eigenvalue weighted by molar-refractivity contribution is 5.89. The summed E-state index contributed by atoms with van der Waals surface area (Å²) >= 11 is 0. The summed E-state index contributed by atoms with van der Waals surface area (Å²) in [6.45, 7) is 0. The molecule has 132 valence electrons. The third-order valence-electron chi connectivity index (χ3n) is 4.64. The summed E-state index contributed by atoms with van der Waals surface area (Å²) in [4.78, 5) is 13.5. The number of H-pyrrole nitrogens is 1. The van der Waals surface area contributed by atoms with E-state index in [0.717, 1.165) is 40.2 Å². The minimum absolute atomic E-state index is 0.303. The molecule has 0 atom stereocenters. The minimum Gasteiger partial charge on any atom is -0.423 e. The fraction of sp³-hybridized carbons (Fsp3) is 0.100. The first-order valence-corrected chi connectivity index (χ1v) is 8.61. The van der Waals surface area contributed by atoms with Gasteiger partial charge in [-0.3, -0.25) is 10.1 Å². The van der Waals surface area contributed by atoms with E-state index in [0.29, 0.717) is 11.8 Å². The van der Waals surface area contributed by atoms with Crippen LogP contribution in [0.1, 0.15) is 11.3 Å². The highest BCUT2D eigenvalue weighted by Gasteiger charge is 2.28. The molecule has 5 rings (SSSR count). The van der Waals surface area contributed by atoms with Crippen LogP contribution in [-0.4, -0.2) is 32.2 Å². The standard InChI is InChI=1S/C20H16N6O/c1-21-16-6-2-5-14-15(16)8-17-18(14)19(12-9-23-24-10-12)26-20(25-17)27-13-4-3-7-22-11-13/h2-7,9-11,21H,8H2,1H3,(H,23,24). The summed E-state index contributed by atoms with van der Waals surface area (Å²) in [5.74, 6) is 0.599. The van der Waals surface area contributed by atoms with E-state index in [4.69, 9.17) is 9.72 Å². The Balaban J connectivity index is 1.68. The summed E-state index contributed by atoms with van der Waals surface area (Å²) < 4.78 is 5.87. The van der Waals surface area contributed by atoms with E-state index in [1.54, 1.807) is 18.6 Å². The smallest absolute Gasteiger partial charge is 0.322 e. The predicted octanol–water partition coefficient (Wildman–Crippen LogP) is 3.67. The number of ether oxygens (including phenoxy) is 1. The number of aromatic amines is 1. The van der Waals surface area contributed by atoms with Crippen molar-refractivity contribution in [3.8, 4) is 34.1 Å². The number of rotatable bonds is 4. The molecule has 7 heteroatoms. The maximum absolute atomic E-state index is 5.87. The lowest BCUT2D eigenvalue weighted by Gasteiger charge is -2.10. The molecule has 0 amide bonds. The van der Waals surface area contributed by atoms with Crippen LogP contribution in [0, 0.1) is 0 Å². The molecule has 0 unspecified atom stereocenters. The van der Waals surface area contributed by atoms with Gasteiger partial charge in [-0.1, -0.05) is 12.1 Å². The Kier molecular flexibility index (Phi) is 3.57. The van der Waals surface area contributed by atoms with Gasteiger partial charge in [0.25, 0.3) is 0 Å². The lowest BCUT2D eigenvalue weighted by atomic mass is 10.0. The normalized spacial score (nSPS) is 11.7. The Hall–Kier alpha value is -3.74. The molecule has 7 nitrogen and oxygen atoms in total. The van der Waals surface area contributed by atoms with E-state index in [1.807, 2.05) is 31.4 Å². The van der Waals surface area contributed by atoms with Crippen LogP contribution in [0.25, 0.3) is 22.4 Å². The molecule has 1 aromatic carbocycles. The molecule has 3 aromatic heterocycles. The maximum atomic E-state index is 5.87. The first-order chi connectivity index (χ1) is 13.3. The Morgan fingerprint density at radius 2 is 2.07 bits per heavy atom. The monoisotopic (exact) mass is 356 g/mol. The van der Waals surface area contributed by atoms with Crippen LogP contribution in [-0.2, 0) is 6.42 Å². The van der Waals surface area contributed by atoms with Crippen LogP contribution in [0.5, 0.6) is 11.8 Å². The average Bonchev–Trinajstić information content (AvgIpc) is 3.36. The molecule has 27 heavy (non-hydrogen) atoms. The van der Waals surface area contributed by atoms with Gasteiger partial charge in [-0.25, -0.2) is 0 Å². The largest absolute Gasteiger partial charge is 0.423 e. The van der Waals surface area contributed by atoms with Crippen molar-refractivity contribution in [2.75, 3.05) is 12.4 Å². The quantitative estimate of drug-likeness (QED) is 0.511. The molecule has 1 aliphatic carbocycles. The zero-order chi connectivity index (χ0) is 18.2. The molecule has 3 heterocycles. The molecular weight excluding hydrogens is 340 g/mol. The van der Waals surface area contributed by atoms with Crippen LogP contribution in [0.4, 0.5) is 5.69 Å². The third-order valence-corrected chi connectivity index (χ3v) is 4.64. The van der Waals surface area contributed by atoms with Crippen LogP contribution >= 0.6 is 0 Å². The van der Waals surface area contributed by atoms with Crippen molar-refractivity contribution >= 4 is 5.69 Å². The first-order valence-electron chi connectivity index (χ1n) is 8.61. The zero-order valence-corrected chi connectivity index (χ0v) is 14.6. The zero-order valence-electron chi connectivity index (χ0n) is 14.6. The van der Waals surface area contributed by atoms with Gasteiger partial charge in [-0.15, -0.1) is 0 Å². The number of fused-ring (bicyclic) bond motifs is 3. The Labute approximate surface area is 155 Å². The van der Waals surface area contributed by atoms with Gasteiger partial charge in [0.05, 0.1) is 23.8 Å². The van der Waals surface area contributed by atoms with E-state index in [1.165, 1.54) is 5.56 Å². The highest BCUT2D eigenvalue weighted by atomic mass is 16.5. The van der Waals surface area contributed by atoms with Gasteiger partial charge >= 0.3 is 6.01 Å². The number of benzene rings is 1. The minimum atomic E-state index is 0.303. The molecule has 0 bridgehead atoms. The van der Waals surface area contributed by atoms with Crippen LogP contribution in [0.3, 0.4) is 0 Å². The van der Waals surface area contributed by atoms with E-state index >= 15 is 0 Å². The summed E-state index contributed by atoms with van der Waals surface area (Å²) in [5, 5.41) is 10.2. The number of hydrogen-bond donors (Lipinski definition) is 2. The highest BCUT2D eigenvalue weighted by Crippen LogP contribution is 2.44. The Bertz CT molecular complexity index is 1110. The summed E-state index contributed by atoms with van der Waals surface area (Å²) in [6, 6.07) is 10.2.